The summed E-state index contributed by atoms with van der Waals surface area (Å²) in [6.45, 7) is 11.6. The minimum Gasteiger partial charge on any atom is -0.444 e. The Kier molecular flexibility index (Phi) is 6.08. The number of carbonyl (C=O) groups is 2. The molecule has 1 fully saturated rings. The molecule has 1 amide bonds. The molecule has 1 rings (SSSR count). The number of hydrogen-bond acceptors (Lipinski definition) is 5. The summed E-state index contributed by atoms with van der Waals surface area (Å²) in [5.74, 6) is 0. The summed E-state index contributed by atoms with van der Waals surface area (Å²) in [4.78, 5) is 25.5. The number of hydrogen-bond donors (Lipinski definition) is 0. The first kappa shape index (κ1) is 18.6. The second-order valence-corrected chi connectivity index (χ2v) is 7.60. The highest BCUT2D eigenvalue weighted by Crippen LogP contribution is 2.21. The van der Waals surface area contributed by atoms with E-state index in [2.05, 4.69) is 0 Å². The predicted molar refractivity (Wildman–Crippen MR) is 82.8 cm³/mol. The van der Waals surface area contributed by atoms with Gasteiger partial charge in [0.25, 0.3) is 0 Å². The molecule has 1 atom stereocenters. The Morgan fingerprint density at radius 2 is 1.59 bits per heavy atom. The number of rotatable bonds is 2. The highest BCUT2D eigenvalue weighted by Gasteiger charge is 2.31. The Hall–Kier alpha value is -1.46. The summed E-state index contributed by atoms with van der Waals surface area (Å²) < 4.78 is 15.7. The molecule has 128 valence electrons. The van der Waals surface area contributed by atoms with Crippen LogP contribution in [0.25, 0.3) is 0 Å². The van der Waals surface area contributed by atoms with Gasteiger partial charge in [0.2, 0.25) is 0 Å². The molecule has 0 aromatic carbocycles. The van der Waals surface area contributed by atoms with Crippen LogP contribution in [0.15, 0.2) is 0 Å². The molecule has 1 saturated heterocycles. The standard InChI is InChI=1S/C16H29NO5/c1-15(2,3)21-13(18)17-10-8-7-9-12(17)11-20-14(19)22-16(4,5)6/h12H,7-11H2,1-6H3/t12-/m1/s1. The summed E-state index contributed by atoms with van der Waals surface area (Å²) in [6, 6.07) is -0.156. The van der Waals surface area contributed by atoms with Gasteiger partial charge in [0.1, 0.15) is 17.8 Å². The Balaban J connectivity index is 2.55. The van der Waals surface area contributed by atoms with E-state index in [1.807, 2.05) is 20.8 Å². The summed E-state index contributed by atoms with van der Waals surface area (Å²) in [5.41, 5.74) is -1.13. The number of piperidine rings is 1. The fraction of sp³-hybridized carbons (Fsp3) is 0.875. The maximum absolute atomic E-state index is 12.2. The van der Waals surface area contributed by atoms with Crippen molar-refractivity contribution in [2.24, 2.45) is 0 Å². The Labute approximate surface area is 133 Å². The lowest BCUT2D eigenvalue weighted by atomic mass is 10.0. The summed E-state index contributed by atoms with van der Waals surface area (Å²) >= 11 is 0. The van der Waals surface area contributed by atoms with Crippen LogP contribution in [0.5, 0.6) is 0 Å². The van der Waals surface area contributed by atoms with Crippen molar-refractivity contribution in [3.8, 4) is 0 Å². The molecular formula is C16H29NO5. The molecule has 0 bridgehead atoms. The zero-order chi connectivity index (χ0) is 17.0. The Bertz CT molecular complexity index is 394. The lowest BCUT2D eigenvalue weighted by molar-refractivity contribution is -0.0297. The molecule has 1 heterocycles. The first-order chi connectivity index (χ1) is 9.98. The first-order valence-electron chi connectivity index (χ1n) is 7.83. The van der Waals surface area contributed by atoms with Crippen LogP contribution in [-0.2, 0) is 14.2 Å². The summed E-state index contributed by atoms with van der Waals surface area (Å²) in [5, 5.41) is 0. The van der Waals surface area contributed by atoms with Crippen LogP contribution in [0.4, 0.5) is 9.59 Å². The number of carbonyl (C=O) groups excluding carboxylic acids is 2. The minimum atomic E-state index is -0.706. The van der Waals surface area contributed by atoms with Crippen molar-refractivity contribution < 1.29 is 23.8 Å². The van der Waals surface area contributed by atoms with E-state index >= 15 is 0 Å². The first-order valence-corrected chi connectivity index (χ1v) is 7.83. The van der Waals surface area contributed by atoms with Crippen molar-refractivity contribution >= 4 is 12.2 Å². The Morgan fingerprint density at radius 3 is 2.14 bits per heavy atom. The van der Waals surface area contributed by atoms with Crippen molar-refractivity contribution in [2.45, 2.75) is 78.0 Å². The van der Waals surface area contributed by atoms with Crippen molar-refractivity contribution in [2.75, 3.05) is 13.2 Å². The highest BCUT2D eigenvalue weighted by molar-refractivity contribution is 5.68. The van der Waals surface area contributed by atoms with Gasteiger partial charge >= 0.3 is 12.2 Å². The molecule has 1 aliphatic heterocycles. The predicted octanol–water partition coefficient (Wildman–Crippen LogP) is 3.73. The van der Waals surface area contributed by atoms with Gasteiger partial charge in [0, 0.05) is 6.54 Å². The average Bonchev–Trinajstić information content (AvgIpc) is 2.32. The molecule has 22 heavy (non-hydrogen) atoms. The third kappa shape index (κ3) is 7.00. The molecule has 1 aliphatic rings. The van der Waals surface area contributed by atoms with Gasteiger partial charge in [-0.25, -0.2) is 9.59 Å². The van der Waals surface area contributed by atoms with Gasteiger partial charge < -0.3 is 19.1 Å². The van der Waals surface area contributed by atoms with E-state index in [9.17, 15) is 9.59 Å². The van der Waals surface area contributed by atoms with Crippen LogP contribution in [0.3, 0.4) is 0 Å². The molecule has 0 unspecified atom stereocenters. The van der Waals surface area contributed by atoms with E-state index in [0.29, 0.717) is 6.54 Å². The molecule has 0 spiro atoms. The zero-order valence-corrected chi connectivity index (χ0v) is 14.6. The van der Waals surface area contributed by atoms with Crippen LogP contribution >= 0.6 is 0 Å². The molecule has 6 heteroatoms. The molecular weight excluding hydrogens is 286 g/mol. The third-order valence-electron chi connectivity index (χ3n) is 3.04. The van der Waals surface area contributed by atoms with Crippen molar-refractivity contribution in [3.05, 3.63) is 0 Å². The second-order valence-electron chi connectivity index (χ2n) is 7.60. The lowest BCUT2D eigenvalue weighted by Gasteiger charge is -2.36. The molecule has 0 aromatic rings. The minimum absolute atomic E-state index is 0.133. The van der Waals surface area contributed by atoms with Crippen LogP contribution in [0, 0.1) is 0 Å². The molecule has 0 aromatic heterocycles. The van der Waals surface area contributed by atoms with E-state index in [4.69, 9.17) is 14.2 Å². The van der Waals surface area contributed by atoms with Gasteiger partial charge in [0.15, 0.2) is 0 Å². The monoisotopic (exact) mass is 315 g/mol. The SMILES string of the molecule is CC(C)(C)OC(=O)OC[C@H]1CCCCN1C(=O)OC(C)(C)C. The average molecular weight is 315 g/mol. The molecule has 0 N–H and O–H groups in total. The molecule has 0 aliphatic carbocycles. The van der Waals surface area contributed by atoms with E-state index < -0.39 is 17.4 Å². The van der Waals surface area contributed by atoms with Gasteiger partial charge in [-0.2, -0.15) is 0 Å². The highest BCUT2D eigenvalue weighted by atomic mass is 16.7. The number of ether oxygens (including phenoxy) is 3. The quantitative estimate of drug-likeness (QED) is 0.726. The van der Waals surface area contributed by atoms with Crippen LogP contribution < -0.4 is 0 Å². The number of amides is 1. The van der Waals surface area contributed by atoms with Gasteiger partial charge in [-0.15, -0.1) is 0 Å². The topological polar surface area (TPSA) is 65.1 Å². The van der Waals surface area contributed by atoms with E-state index in [1.165, 1.54) is 0 Å². The normalized spacial score (nSPS) is 19.5. The molecule has 6 nitrogen and oxygen atoms in total. The number of likely N-dealkylation sites (tertiary alicyclic amines) is 1. The van der Waals surface area contributed by atoms with E-state index in [0.717, 1.165) is 19.3 Å². The molecule has 0 saturated carbocycles. The fourth-order valence-electron chi connectivity index (χ4n) is 2.18. The van der Waals surface area contributed by atoms with Crippen molar-refractivity contribution in [1.82, 2.24) is 4.90 Å². The van der Waals surface area contributed by atoms with Crippen LogP contribution in [0.1, 0.15) is 60.8 Å². The van der Waals surface area contributed by atoms with Crippen LogP contribution in [-0.4, -0.2) is 47.5 Å². The maximum Gasteiger partial charge on any atom is 0.508 e. The molecule has 0 radical (unpaired) electrons. The fourth-order valence-corrected chi connectivity index (χ4v) is 2.18. The van der Waals surface area contributed by atoms with Gasteiger partial charge in [-0.3, -0.25) is 0 Å². The van der Waals surface area contributed by atoms with Crippen LogP contribution in [0.2, 0.25) is 0 Å². The smallest absolute Gasteiger partial charge is 0.444 e. The van der Waals surface area contributed by atoms with Gasteiger partial charge in [-0.05, 0) is 60.8 Å². The van der Waals surface area contributed by atoms with Crippen molar-refractivity contribution in [1.29, 1.82) is 0 Å². The largest absolute Gasteiger partial charge is 0.508 e. The second kappa shape index (κ2) is 7.20. The van der Waals surface area contributed by atoms with E-state index in [-0.39, 0.29) is 18.7 Å². The van der Waals surface area contributed by atoms with Crippen molar-refractivity contribution in [3.63, 3.8) is 0 Å². The van der Waals surface area contributed by atoms with E-state index in [1.54, 1.807) is 25.7 Å². The lowest BCUT2D eigenvalue weighted by Crippen LogP contribution is -2.48. The zero-order valence-electron chi connectivity index (χ0n) is 14.6. The summed E-state index contributed by atoms with van der Waals surface area (Å²) in [6.07, 6.45) is 1.67. The summed E-state index contributed by atoms with van der Waals surface area (Å²) in [7, 11) is 0. The van der Waals surface area contributed by atoms with Gasteiger partial charge in [0.05, 0.1) is 6.04 Å². The van der Waals surface area contributed by atoms with Gasteiger partial charge in [-0.1, -0.05) is 0 Å². The number of nitrogens with zero attached hydrogens (tertiary/aromatic N) is 1. The third-order valence-corrected chi connectivity index (χ3v) is 3.04. The maximum atomic E-state index is 12.2. The Morgan fingerprint density at radius 1 is 1.00 bits per heavy atom.